The van der Waals surface area contributed by atoms with Gasteiger partial charge in [-0.25, -0.2) is 0 Å². The van der Waals surface area contributed by atoms with Gasteiger partial charge in [0.05, 0.1) is 5.56 Å². The SMILES string of the molecule is NC(=O)c1ccccc1Oc1ccc2cc[nH]c2c1. The molecular formula is C15H12N2O2. The van der Waals surface area contributed by atoms with Gasteiger partial charge in [-0.1, -0.05) is 12.1 Å². The summed E-state index contributed by atoms with van der Waals surface area (Å²) in [6, 6.07) is 14.6. The van der Waals surface area contributed by atoms with Gasteiger partial charge in [-0.3, -0.25) is 4.79 Å². The van der Waals surface area contributed by atoms with Crippen molar-refractivity contribution >= 4 is 16.8 Å². The lowest BCUT2D eigenvalue weighted by Crippen LogP contribution is -2.11. The van der Waals surface area contributed by atoms with Crippen LogP contribution < -0.4 is 10.5 Å². The Balaban J connectivity index is 1.98. The molecular weight excluding hydrogens is 240 g/mol. The molecule has 0 aliphatic rings. The average Bonchev–Trinajstić information content (AvgIpc) is 2.86. The van der Waals surface area contributed by atoms with E-state index >= 15 is 0 Å². The van der Waals surface area contributed by atoms with Crippen LogP contribution in [0, 0.1) is 0 Å². The number of fused-ring (bicyclic) bond motifs is 1. The predicted octanol–water partition coefficient (Wildman–Crippen LogP) is 3.06. The molecule has 1 aromatic heterocycles. The van der Waals surface area contributed by atoms with E-state index in [1.807, 2.05) is 30.5 Å². The van der Waals surface area contributed by atoms with E-state index in [0.717, 1.165) is 10.9 Å². The molecule has 3 rings (SSSR count). The van der Waals surface area contributed by atoms with E-state index in [0.29, 0.717) is 17.1 Å². The molecule has 3 aromatic rings. The van der Waals surface area contributed by atoms with Crippen molar-refractivity contribution in [3.05, 3.63) is 60.3 Å². The lowest BCUT2D eigenvalue weighted by Gasteiger charge is -2.08. The van der Waals surface area contributed by atoms with Crippen molar-refractivity contribution in [1.29, 1.82) is 0 Å². The first-order valence-corrected chi connectivity index (χ1v) is 5.88. The Labute approximate surface area is 109 Å². The van der Waals surface area contributed by atoms with Crippen LogP contribution in [0.5, 0.6) is 11.5 Å². The van der Waals surface area contributed by atoms with Crippen molar-refractivity contribution in [3.8, 4) is 11.5 Å². The number of para-hydroxylation sites is 1. The maximum absolute atomic E-state index is 11.3. The number of primary amides is 1. The summed E-state index contributed by atoms with van der Waals surface area (Å²) in [6.45, 7) is 0. The first-order valence-electron chi connectivity index (χ1n) is 5.88. The number of H-pyrrole nitrogens is 1. The standard InChI is InChI=1S/C15H12N2O2/c16-15(18)12-3-1-2-4-14(12)19-11-6-5-10-7-8-17-13(10)9-11/h1-9,17H,(H2,16,18). The number of nitrogens with one attached hydrogen (secondary N) is 1. The molecule has 0 saturated heterocycles. The van der Waals surface area contributed by atoms with E-state index in [-0.39, 0.29) is 0 Å². The van der Waals surface area contributed by atoms with E-state index < -0.39 is 5.91 Å². The van der Waals surface area contributed by atoms with Crippen LogP contribution in [0.1, 0.15) is 10.4 Å². The van der Waals surface area contributed by atoms with Gasteiger partial charge in [0.2, 0.25) is 0 Å². The van der Waals surface area contributed by atoms with Gasteiger partial charge in [0, 0.05) is 17.8 Å². The second-order valence-corrected chi connectivity index (χ2v) is 4.19. The molecule has 2 aromatic carbocycles. The van der Waals surface area contributed by atoms with Crippen LogP contribution in [0.2, 0.25) is 0 Å². The summed E-state index contributed by atoms with van der Waals surface area (Å²) in [5, 5.41) is 1.11. The van der Waals surface area contributed by atoms with Crippen molar-refractivity contribution in [3.63, 3.8) is 0 Å². The van der Waals surface area contributed by atoms with Crippen molar-refractivity contribution < 1.29 is 9.53 Å². The highest BCUT2D eigenvalue weighted by atomic mass is 16.5. The van der Waals surface area contributed by atoms with Gasteiger partial charge in [0.25, 0.3) is 5.91 Å². The molecule has 94 valence electrons. The number of hydrogen-bond donors (Lipinski definition) is 2. The molecule has 0 aliphatic carbocycles. The predicted molar refractivity (Wildman–Crippen MR) is 73.3 cm³/mol. The number of hydrogen-bond acceptors (Lipinski definition) is 2. The number of benzene rings is 2. The van der Waals surface area contributed by atoms with Crippen LogP contribution in [0.15, 0.2) is 54.7 Å². The van der Waals surface area contributed by atoms with Crippen molar-refractivity contribution in [2.45, 2.75) is 0 Å². The fourth-order valence-corrected chi connectivity index (χ4v) is 1.98. The third-order valence-electron chi connectivity index (χ3n) is 2.91. The first kappa shape index (κ1) is 11.3. The third kappa shape index (κ3) is 2.15. The molecule has 4 heteroatoms. The molecule has 3 N–H and O–H groups in total. The Morgan fingerprint density at radius 1 is 1.11 bits per heavy atom. The van der Waals surface area contributed by atoms with Crippen LogP contribution in [0.3, 0.4) is 0 Å². The van der Waals surface area contributed by atoms with E-state index in [2.05, 4.69) is 4.98 Å². The topological polar surface area (TPSA) is 68.1 Å². The minimum Gasteiger partial charge on any atom is -0.456 e. The van der Waals surface area contributed by atoms with Crippen LogP contribution in [0.25, 0.3) is 10.9 Å². The molecule has 1 amide bonds. The number of aromatic nitrogens is 1. The molecule has 0 fully saturated rings. The van der Waals surface area contributed by atoms with Crippen molar-refractivity contribution in [2.75, 3.05) is 0 Å². The molecule has 0 bridgehead atoms. The van der Waals surface area contributed by atoms with Gasteiger partial charge in [0.15, 0.2) is 0 Å². The zero-order chi connectivity index (χ0) is 13.2. The Morgan fingerprint density at radius 3 is 2.79 bits per heavy atom. The summed E-state index contributed by atoms with van der Waals surface area (Å²) < 4.78 is 5.73. The lowest BCUT2D eigenvalue weighted by atomic mass is 10.2. The van der Waals surface area contributed by atoms with E-state index in [1.165, 1.54) is 0 Å². The Kier molecular flexibility index (Phi) is 2.68. The largest absolute Gasteiger partial charge is 0.456 e. The van der Waals surface area contributed by atoms with Gasteiger partial charge in [-0.15, -0.1) is 0 Å². The summed E-state index contributed by atoms with van der Waals surface area (Å²) in [7, 11) is 0. The number of aromatic amines is 1. The molecule has 0 radical (unpaired) electrons. The van der Waals surface area contributed by atoms with Gasteiger partial charge >= 0.3 is 0 Å². The summed E-state index contributed by atoms with van der Waals surface area (Å²) in [5.41, 5.74) is 6.67. The third-order valence-corrected chi connectivity index (χ3v) is 2.91. The van der Waals surface area contributed by atoms with Gasteiger partial charge < -0.3 is 15.5 Å². The number of rotatable bonds is 3. The molecule has 4 nitrogen and oxygen atoms in total. The van der Waals surface area contributed by atoms with Gasteiger partial charge in [-0.2, -0.15) is 0 Å². The minimum atomic E-state index is -0.503. The highest BCUT2D eigenvalue weighted by Crippen LogP contribution is 2.27. The molecule has 0 saturated carbocycles. The Hall–Kier alpha value is -2.75. The zero-order valence-corrected chi connectivity index (χ0v) is 10.1. The van der Waals surface area contributed by atoms with Gasteiger partial charge in [0.1, 0.15) is 11.5 Å². The lowest BCUT2D eigenvalue weighted by molar-refractivity contribution is 0.0998. The molecule has 0 atom stereocenters. The fourth-order valence-electron chi connectivity index (χ4n) is 1.98. The maximum atomic E-state index is 11.3. The number of nitrogens with two attached hydrogens (primary N) is 1. The molecule has 0 spiro atoms. The minimum absolute atomic E-state index is 0.370. The Morgan fingerprint density at radius 2 is 1.95 bits per heavy atom. The fraction of sp³-hybridized carbons (Fsp3) is 0. The highest BCUT2D eigenvalue weighted by molar-refractivity contribution is 5.95. The highest BCUT2D eigenvalue weighted by Gasteiger charge is 2.09. The quantitative estimate of drug-likeness (QED) is 0.752. The molecule has 0 aliphatic heterocycles. The molecule has 19 heavy (non-hydrogen) atoms. The van der Waals surface area contributed by atoms with Crippen LogP contribution >= 0.6 is 0 Å². The summed E-state index contributed by atoms with van der Waals surface area (Å²) >= 11 is 0. The van der Waals surface area contributed by atoms with E-state index in [1.54, 1.807) is 24.3 Å². The number of carbonyl (C=O) groups excluding carboxylic acids is 1. The summed E-state index contributed by atoms with van der Waals surface area (Å²) in [5.74, 6) is 0.612. The van der Waals surface area contributed by atoms with E-state index in [4.69, 9.17) is 10.5 Å². The van der Waals surface area contributed by atoms with Crippen LogP contribution in [0.4, 0.5) is 0 Å². The maximum Gasteiger partial charge on any atom is 0.252 e. The zero-order valence-electron chi connectivity index (χ0n) is 10.1. The monoisotopic (exact) mass is 252 g/mol. The van der Waals surface area contributed by atoms with Crippen molar-refractivity contribution in [1.82, 2.24) is 4.98 Å². The van der Waals surface area contributed by atoms with Crippen LogP contribution in [-0.4, -0.2) is 10.9 Å². The second-order valence-electron chi connectivity index (χ2n) is 4.19. The second kappa shape index (κ2) is 4.49. The smallest absolute Gasteiger partial charge is 0.252 e. The average molecular weight is 252 g/mol. The Bertz CT molecular complexity index is 746. The molecule has 1 heterocycles. The summed E-state index contributed by atoms with van der Waals surface area (Å²) in [6.07, 6.45) is 1.87. The molecule has 0 unspecified atom stereocenters. The van der Waals surface area contributed by atoms with E-state index in [9.17, 15) is 4.79 Å². The number of ether oxygens (including phenoxy) is 1. The summed E-state index contributed by atoms with van der Waals surface area (Å²) in [4.78, 5) is 14.4. The van der Waals surface area contributed by atoms with Crippen molar-refractivity contribution in [2.24, 2.45) is 5.73 Å². The van der Waals surface area contributed by atoms with Gasteiger partial charge in [-0.05, 0) is 35.7 Å². The number of amides is 1. The number of carbonyl (C=O) groups is 1. The van der Waals surface area contributed by atoms with Crippen LogP contribution in [-0.2, 0) is 0 Å². The first-order chi connectivity index (χ1) is 9.24. The normalized spacial score (nSPS) is 10.5.